The molecule has 100 valence electrons. The van der Waals surface area contributed by atoms with Crippen LogP contribution in [0.15, 0.2) is 18.2 Å². The maximum atomic E-state index is 13.7. The highest BCUT2D eigenvalue weighted by molar-refractivity contribution is 5.29. The minimum atomic E-state index is -4.71. The van der Waals surface area contributed by atoms with Crippen molar-refractivity contribution in [1.82, 2.24) is 5.32 Å². The topological polar surface area (TPSA) is 32.3 Å². The van der Waals surface area contributed by atoms with Gasteiger partial charge in [0, 0.05) is 13.0 Å². The molecule has 2 N–H and O–H groups in total. The molecule has 1 aliphatic rings. The quantitative estimate of drug-likeness (QED) is 0.801. The second kappa shape index (κ2) is 4.51. The van der Waals surface area contributed by atoms with E-state index in [2.05, 4.69) is 5.32 Å². The van der Waals surface area contributed by atoms with Crippen LogP contribution in [0.25, 0.3) is 0 Å². The van der Waals surface area contributed by atoms with Crippen molar-refractivity contribution in [3.63, 3.8) is 0 Å². The van der Waals surface area contributed by atoms with Gasteiger partial charge in [0.15, 0.2) is 0 Å². The molecule has 1 aromatic carbocycles. The van der Waals surface area contributed by atoms with Crippen molar-refractivity contribution >= 4 is 0 Å². The van der Waals surface area contributed by atoms with Gasteiger partial charge in [0.1, 0.15) is 5.82 Å². The maximum Gasteiger partial charge on any atom is 0.419 e. The number of β-amino-alcohol motifs (C(OH)–C–C–N with tert-alkyl or cyclic N) is 1. The molecule has 1 aromatic rings. The van der Waals surface area contributed by atoms with Crippen LogP contribution in [0.4, 0.5) is 17.6 Å². The minimum Gasteiger partial charge on any atom is -0.388 e. The molecule has 1 fully saturated rings. The van der Waals surface area contributed by atoms with Gasteiger partial charge in [0.05, 0.1) is 11.2 Å². The lowest BCUT2D eigenvalue weighted by Gasteiger charge is -2.22. The van der Waals surface area contributed by atoms with E-state index in [1.165, 1.54) is 6.07 Å². The summed E-state index contributed by atoms with van der Waals surface area (Å²) in [6.07, 6.45) is -4.42. The number of benzene rings is 1. The lowest BCUT2D eigenvalue weighted by atomic mass is 9.92. The third kappa shape index (κ3) is 2.64. The number of hydrogen-bond acceptors (Lipinski definition) is 2. The van der Waals surface area contributed by atoms with Gasteiger partial charge in [-0.25, -0.2) is 4.39 Å². The zero-order valence-corrected chi connectivity index (χ0v) is 9.52. The Morgan fingerprint density at radius 2 is 2.06 bits per heavy atom. The van der Waals surface area contributed by atoms with E-state index >= 15 is 0 Å². The van der Waals surface area contributed by atoms with Crippen LogP contribution in [0, 0.1) is 5.82 Å². The van der Waals surface area contributed by atoms with Crippen molar-refractivity contribution < 1.29 is 22.7 Å². The molecule has 6 heteroatoms. The van der Waals surface area contributed by atoms with E-state index in [-0.39, 0.29) is 18.5 Å². The molecule has 1 aliphatic heterocycles. The van der Waals surface area contributed by atoms with Gasteiger partial charge in [-0.2, -0.15) is 13.2 Å². The van der Waals surface area contributed by atoms with Crippen LogP contribution < -0.4 is 5.32 Å². The average Bonchev–Trinajstić information content (AvgIpc) is 2.67. The molecule has 2 rings (SSSR count). The molecule has 1 unspecified atom stereocenters. The summed E-state index contributed by atoms with van der Waals surface area (Å²) in [6.45, 7) is 0.847. The molecular weight excluding hydrogens is 250 g/mol. The number of nitrogens with one attached hydrogen (secondary N) is 1. The fourth-order valence-electron chi connectivity index (χ4n) is 2.17. The highest BCUT2D eigenvalue weighted by Crippen LogP contribution is 2.33. The standard InChI is InChI=1S/C12H13F4NO/c13-10-8(6-11(18)4-5-17-7-11)2-1-3-9(10)12(14,15)16/h1-3,17-18H,4-7H2. The van der Waals surface area contributed by atoms with Crippen molar-refractivity contribution in [2.24, 2.45) is 0 Å². The van der Waals surface area contributed by atoms with Gasteiger partial charge in [-0.15, -0.1) is 0 Å². The van der Waals surface area contributed by atoms with Crippen LogP contribution in [0.5, 0.6) is 0 Å². The zero-order chi connectivity index (χ0) is 13.4. The van der Waals surface area contributed by atoms with Gasteiger partial charge in [0.2, 0.25) is 0 Å². The van der Waals surface area contributed by atoms with E-state index in [0.717, 1.165) is 6.07 Å². The van der Waals surface area contributed by atoms with Gasteiger partial charge in [-0.05, 0) is 24.6 Å². The number of alkyl halides is 3. The van der Waals surface area contributed by atoms with Crippen molar-refractivity contribution in [3.05, 3.63) is 35.1 Å². The Bertz CT molecular complexity index is 438. The Labute approximate surface area is 102 Å². The largest absolute Gasteiger partial charge is 0.419 e. The summed E-state index contributed by atoms with van der Waals surface area (Å²) in [5.41, 5.74) is -2.55. The molecular formula is C12H13F4NO. The molecule has 18 heavy (non-hydrogen) atoms. The monoisotopic (exact) mass is 263 g/mol. The van der Waals surface area contributed by atoms with Crippen LogP contribution in [-0.2, 0) is 12.6 Å². The smallest absolute Gasteiger partial charge is 0.388 e. The van der Waals surface area contributed by atoms with Crippen LogP contribution in [0.3, 0.4) is 0 Å². The fraction of sp³-hybridized carbons (Fsp3) is 0.500. The summed E-state index contributed by atoms with van der Waals surface area (Å²) >= 11 is 0. The molecule has 0 radical (unpaired) electrons. The van der Waals surface area contributed by atoms with Gasteiger partial charge in [-0.3, -0.25) is 0 Å². The SMILES string of the molecule is OC1(Cc2cccc(C(F)(F)F)c2F)CCNC1. The van der Waals surface area contributed by atoms with Gasteiger partial charge < -0.3 is 10.4 Å². The molecule has 0 saturated carbocycles. The summed E-state index contributed by atoms with van der Waals surface area (Å²) in [4.78, 5) is 0. The zero-order valence-electron chi connectivity index (χ0n) is 9.52. The molecule has 0 aliphatic carbocycles. The van der Waals surface area contributed by atoms with Crippen LogP contribution in [-0.4, -0.2) is 23.8 Å². The average molecular weight is 263 g/mol. The van der Waals surface area contributed by atoms with Crippen molar-refractivity contribution in [2.45, 2.75) is 24.6 Å². The molecule has 1 saturated heterocycles. The van der Waals surface area contributed by atoms with E-state index in [1.807, 2.05) is 0 Å². The molecule has 0 amide bonds. The van der Waals surface area contributed by atoms with E-state index in [9.17, 15) is 22.7 Å². The van der Waals surface area contributed by atoms with Gasteiger partial charge >= 0.3 is 6.18 Å². The Morgan fingerprint density at radius 1 is 1.33 bits per heavy atom. The van der Waals surface area contributed by atoms with E-state index < -0.39 is 23.2 Å². The summed E-state index contributed by atoms with van der Waals surface area (Å²) < 4.78 is 51.3. The Hall–Kier alpha value is -1.14. The summed E-state index contributed by atoms with van der Waals surface area (Å²) in [5, 5.41) is 13.0. The predicted octanol–water partition coefficient (Wildman–Crippen LogP) is 2.11. The lowest BCUT2D eigenvalue weighted by Crippen LogP contribution is -2.34. The Morgan fingerprint density at radius 3 is 2.61 bits per heavy atom. The Kier molecular flexibility index (Phi) is 3.33. The van der Waals surface area contributed by atoms with Crippen LogP contribution in [0.1, 0.15) is 17.5 Å². The Balaban J connectivity index is 2.29. The third-order valence-electron chi connectivity index (χ3n) is 3.12. The maximum absolute atomic E-state index is 13.7. The first kappa shape index (κ1) is 13.3. The van der Waals surface area contributed by atoms with Crippen molar-refractivity contribution in [3.8, 4) is 0 Å². The normalized spacial score (nSPS) is 24.5. The highest BCUT2D eigenvalue weighted by Gasteiger charge is 2.37. The second-order valence-corrected chi connectivity index (χ2v) is 4.60. The second-order valence-electron chi connectivity index (χ2n) is 4.60. The molecule has 0 bridgehead atoms. The summed E-state index contributed by atoms with van der Waals surface area (Å²) in [5.74, 6) is -1.29. The van der Waals surface area contributed by atoms with Crippen LogP contribution >= 0.6 is 0 Å². The summed E-state index contributed by atoms with van der Waals surface area (Å²) in [6, 6.07) is 3.14. The number of aliphatic hydroxyl groups is 1. The highest BCUT2D eigenvalue weighted by atomic mass is 19.4. The number of hydrogen-bond donors (Lipinski definition) is 2. The summed E-state index contributed by atoms with van der Waals surface area (Å²) in [7, 11) is 0. The molecule has 0 spiro atoms. The van der Waals surface area contributed by atoms with Gasteiger partial charge in [0.25, 0.3) is 0 Å². The molecule has 1 heterocycles. The van der Waals surface area contributed by atoms with E-state index in [1.54, 1.807) is 0 Å². The van der Waals surface area contributed by atoms with E-state index in [0.29, 0.717) is 19.0 Å². The number of rotatable bonds is 2. The van der Waals surface area contributed by atoms with Gasteiger partial charge in [-0.1, -0.05) is 12.1 Å². The minimum absolute atomic E-state index is 0.101. The third-order valence-corrected chi connectivity index (χ3v) is 3.12. The number of halogens is 4. The predicted molar refractivity (Wildman–Crippen MR) is 57.5 cm³/mol. The first-order valence-electron chi connectivity index (χ1n) is 5.59. The van der Waals surface area contributed by atoms with Crippen LogP contribution in [0.2, 0.25) is 0 Å². The fourth-order valence-corrected chi connectivity index (χ4v) is 2.17. The van der Waals surface area contributed by atoms with E-state index in [4.69, 9.17) is 0 Å². The molecule has 1 atom stereocenters. The van der Waals surface area contributed by atoms with Crippen molar-refractivity contribution in [2.75, 3.05) is 13.1 Å². The molecule has 2 nitrogen and oxygen atoms in total. The first-order chi connectivity index (χ1) is 8.32. The molecule has 0 aromatic heterocycles. The van der Waals surface area contributed by atoms with Crippen molar-refractivity contribution in [1.29, 1.82) is 0 Å². The lowest BCUT2D eigenvalue weighted by molar-refractivity contribution is -0.140. The first-order valence-corrected chi connectivity index (χ1v) is 5.59.